The monoisotopic (exact) mass is 322 g/mol. The Morgan fingerprint density at radius 3 is 1.32 bits per heavy atom. The predicted octanol–water partition coefficient (Wildman–Crippen LogP) is 7.69. The predicted molar refractivity (Wildman–Crippen MR) is 99.3 cm³/mol. The Labute approximate surface area is 134 Å². The molecule has 0 saturated heterocycles. The zero-order valence-corrected chi connectivity index (χ0v) is 15.4. The van der Waals surface area contributed by atoms with Crippen molar-refractivity contribution in [2.45, 2.75) is 96.8 Å². The first kappa shape index (κ1) is 20.1. The van der Waals surface area contributed by atoms with Gasteiger partial charge in [-0.15, -0.1) is 0 Å². The molecule has 0 bridgehead atoms. The highest BCUT2D eigenvalue weighted by atomic mass is 33.5. The SMILES string of the molecule is CCCCCCCCCCCCCCCCSSS. The molecule has 0 N–H and O–H groups in total. The smallest absolute Gasteiger partial charge is 0.00450 e. The van der Waals surface area contributed by atoms with E-state index in [1.165, 1.54) is 95.6 Å². The number of hydrogen-bond donors (Lipinski definition) is 1. The first-order valence-electron chi connectivity index (χ1n) is 8.35. The van der Waals surface area contributed by atoms with Crippen LogP contribution in [0.3, 0.4) is 0 Å². The highest BCUT2D eigenvalue weighted by Crippen LogP contribution is 2.25. The fourth-order valence-electron chi connectivity index (χ4n) is 2.39. The van der Waals surface area contributed by atoms with Crippen molar-refractivity contribution < 1.29 is 0 Å². The van der Waals surface area contributed by atoms with Crippen LogP contribution in [-0.4, -0.2) is 5.75 Å². The number of thiol groups is 1. The lowest BCUT2D eigenvalue weighted by molar-refractivity contribution is 0.538. The van der Waals surface area contributed by atoms with E-state index in [1.54, 1.807) is 9.83 Å². The van der Waals surface area contributed by atoms with Gasteiger partial charge >= 0.3 is 0 Å². The highest BCUT2D eigenvalue weighted by Gasteiger charge is 1.94. The fourth-order valence-corrected chi connectivity index (χ4v) is 4.04. The molecule has 0 aromatic heterocycles. The van der Waals surface area contributed by atoms with Crippen molar-refractivity contribution in [3.8, 4) is 0 Å². The van der Waals surface area contributed by atoms with Crippen molar-refractivity contribution in [2.75, 3.05) is 5.75 Å². The van der Waals surface area contributed by atoms with Crippen LogP contribution in [0.15, 0.2) is 0 Å². The molecule has 0 radical (unpaired) electrons. The van der Waals surface area contributed by atoms with E-state index in [9.17, 15) is 0 Å². The maximum absolute atomic E-state index is 4.12. The van der Waals surface area contributed by atoms with E-state index in [2.05, 4.69) is 18.6 Å². The van der Waals surface area contributed by atoms with E-state index in [-0.39, 0.29) is 0 Å². The quantitative estimate of drug-likeness (QED) is 0.176. The zero-order chi connectivity index (χ0) is 14.0. The van der Waals surface area contributed by atoms with E-state index in [0.717, 1.165) is 0 Å². The van der Waals surface area contributed by atoms with Crippen LogP contribution < -0.4 is 0 Å². The lowest BCUT2D eigenvalue weighted by Gasteiger charge is -2.03. The molecular weight excluding hydrogens is 288 g/mol. The standard InChI is InChI=1S/C16H34S3/c1-2-3-4-5-6-7-8-9-10-11-12-13-14-15-16-18-19-17/h17H,2-16H2,1H3. The summed E-state index contributed by atoms with van der Waals surface area (Å²) in [5.74, 6) is 1.27. The van der Waals surface area contributed by atoms with Gasteiger partial charge in [0.05, 0.1) is 0 Å². The second-order valence-corrected chi connectivity index (χ2v) is 8.78. The zero-order valence-electron chi connectivity index (χ0n) is 12.9. The van der Waals surface area contributed by atoms with Crippen molar-refractivity contribution in [3.05, 3.63) is 0 Å². The maximum Gasteiger partial charge on any atom is 0.00450 e. The summed E-state index contributed by atoms with van der Waals surface area (Å²) < 4.78 is 0. The summed E-state index contributed by atoms with van der Waals surface area (Å²) in [5, 5.41) is 0. The van der Waals surface area contributed by atoms with Gasteiger partial charge in [0.25, 0.3) is 0 Å². The molecular formula is C16H34S3. The van der Waals surface area contributed by atoms with Gasteiger partial charge < -0.3 is 0 Å². The van der Waals surface area contributed by atoms with Crippen LogP contribution in [0, 0.1) is 0 Å². The third-order valence-electron chi connectivity index (χ3n) is 3.63. The average molecular weight is 323 g/mol. The van der Waals surface area contributed by atoms with E-state index in [4.69, 9.17) is 0 Å². The largest absolute Gasteiger partial charge is 0.0997 e. The maximum atomic E-state index is 4.12. The molecule has 19 heavy (non-hydrogen) atoms. The molecule has 0 aromatic rings. The minimum absolute atomic E-state index is 1.27. The third kappa shape index (κ3) is 19.0. The molecule has 0 aliphatic rings. The summed E-state index contributed by atoms with van der Waals surface area (Å²) in [7, 11) is 3.47. The molecule has 0 rings (SSSR count). The summed E-state index contributed by atoms with van der Waals surface area (Å²) in [5.41, 5.74) is 0. The minimum Gasteiger partial charge on any atom is -0.0997 e. The summed E-state index contributed by atoms with van der Waals surface area (Å²) >= 11 is 4.12. The molecule has 0 aliphatic carbocycles. The van der Waals surface area contributed by atoms with Crippen LogP contribution >= 0.6 is 32.3 Å². The minimum atomic E-state index is 1.27. The highest BCUT2D eigenvalue weighted by molar-refractivity contribution is 9.05. The van der Waals surface area contributed by atoms with Crippen LogP contribution in [0.1, 0.15) is 96.8 Å². The molecule has 0 heterocycles. The molecule has 116 valence electrons. The topological polar surface area (TPSA) is 0 Å². The number of unbranched alkanes of at least 4 members (excludes halogenated alkanes) is 13. The molecule has 0 saturated carbocycles. The van der Waals surface area contributed by atoms with Crippen LogP contribution in [-0.2, 0) is 0 Å². The van der Waals surface area contributed by atoms with E-state index < -0.39 is 0 Å². The molecule has 0 fully saturated rings. The van der Waals surface area contributed by atoms with Crippen molar-refractivity contribution in [2.24, 2.45) is 0 Å². The van der Waals surface area contributed by atoms with E-state index in [1.807, 2.05) is 10.8 Å². The van der Waals surface area contributed by atoms with Gasteiger partial charge in [-0.3, -0.25) is 0 Å². The second-order valence-electron chi connectivity index (χ2n) is 5.49. The Morgan fingerprint density at radius 2 is 0.947 bits per heavy atom. The van der Waals surface area contributed by atoms with Crippen LogP contribution in [0.25, 0.3) is 0 Å². The van der Waals surface area contributed by atoms with Gasteiger partial charge in [0, 0.05) is 5.75 Å². The first-order chi connectivity index (χ1) is 9.41. The van der Waals surface area contributed by atoms with Gasteiger partial charge in [-0.25, -0.2) is 0 Å². The summed E-state index contributed by atoms with van der Waals surface area (Å²) in [4.78, 5) is 0. The van der Waals surface area contributed by atoms with E-state index in [0.29, 0.717) is 0 Å². The van der Waals surface area contributed by atoms with Gasteiger partial charge in [0.2, 0.25) is 0 Å². The van der Waals surface area contributed by atoms with Gasteiger partial charge in [-0.05, 0) is 16.2 Å². The fraction of sp³-hybridized carbons (Fsp3) is 1.00. The Hall–Kier alpha value is 1.05. The summed E-state index contributed by atoms with van der Waals surface area (Å²) in [6.45, 7) is 2.29. The molecule has 0 aromatic carbocycles. The number of rotatable bonds is 16. The lowest BCUT2D eigenvalue weighted by Crippen LogP contribution is -1.83. The van der Waals surface area contributed by atoms with Gasteiger partial charge in [-0.1, -0.05) is 113 Å². The second kappa shape index (κ2) is 19.1. The molecule has 0 spiro atoms. The molecule has 0 aliphatic heterocycles. The normalized spacial score (nSPS) is 11.1. The lowest BCUT2D eigenvalue weighted by atomic mass is 10.0. The van der Waals surface area contributed by atoms with E-state index >= 15 is 0 Å². The first-order valence-corrected chi connectivity index (χ1v) is 11.7. The van der Waals surface area contributed by atoms with Crippen LogP contribution in [0.5, 0.6) is 0 Å². The molecule has 0 unspecified atom stereocenters. The average Bonchev–Trinajstić information content (AvgIpc) is 2.43. The number of hydrogen-bond acceptors (Lipinski definition) is 3. The van der Waals surface area contributed by atoms with Crippen molar-refractivity contribution >= 4 is 32.3 Å². The molecule has 0 amide bonds. The Kier molecular flexibility index (Phi) is 20.1. The van der Waals surface area contributed by atoms with Gasteiger partial charge in [-0.2, -0.15) is 0 Å². The Morgan fingerprint density at radius 1 is 0.579 bits per heavy atom. The van der Waals surface area contributed by atoms with Crippen molar-refractivity contribution in [1.29, 1.82) is 0 Å². The molecule has 0 atom stereocenters. The Balaban J connectivity index is 2.88. The van der Waals surface area contributed by atoms with Crippen LogP contribution in [0.4, 0.5) is 0 Å². The van der Waals surface area contributed by atoms with Gasteiger partial charge in [0.15, 0.2) is 0 Å². The van der Waals surface area contributed by atoms with Crippen LogP contribution in [0.2, 0.25) is 0 Å². The molecule has 0 nitrogen and oxygen atoms in total. The summed E-state index contributed by atoms with van der Waals surface area (Å²) in [6.07, 6.45) is 20.2. The van der Waals surface area contributed by atoms with Crippen molar-refractivity contribution in [1.82, 2.24) is 0 Å². The Bertz CT molecular complexity index is 135. The van der Waals surface area contributed by atoms with Crippen molar-refractivity contribution in [3.63, 3.8) is 0 Å². The van der Waals surface area contributed by atoms with Gasteiger partial charge in [0.1, 0.15) is 0 Å². The molecule has 3 heteroatoms. The summed E-state index contributed by atoms with van der Waals surface area (Å²) in [6, 6.07) is 0. The third-order valence-corrected chi connectivity index (χ3v) is 5.96.